The second-order valence-electron chi connectivity index (χ2n) is 5.53. The zero-order valence-corrected chi connectivity index (χ0v) is 15.5. The van der Waals surface area contributed by atoms with Crippen molar-refractivity contribution < 1.29 is 14.7 Å². The van der Waals surface area contributed by atoms with Crippen LogP contribution >= 0.6 is 34.7 Å². The summed E-state index contributed by atoms with van der Waals surface area (Å²) < 4.78 is 0. The third-order valence-electron chi connectivity index (χ3n) is 3.90. The van der Waals surface area contributed by atoms with Crippen molar-refractivity contribution in [3.8, 4) is 11.1 Å². The van der Waals surface area contributed by atoms with Crippen molar-refractivity contribution in [1.82, 2.24) is 10.2 Å². The van der Waals surface area contributed by atoms with E-state index in [1.807, 2.05) is 16.5 Å². The van der Waals surface area contributed by atoms with Crippen LogP contribution in [0, 0.1) is 0 Å². The molecule has 0 spiro atoms. The number of thiophene rings is 1. The fraction of sp³-hybridized carbons (Fsp3) is 0.0588. The highest BCUT2D eigenvalue weighted by Crippen LogP contribution is 2.36. The first-order valence-electron chi connectivity index (χ1n) is 7.53. The summed E-state index contributed by atoms with van der Waals surface area (Å²) in [7, 11) is 0. The number of fused-ring (bicyclic) bond motifs is 1. The fourth-order valence-corrected chi connectivity index (χ4v) is 4.57. The lowest BCUT2D eigenvalue weighted by atomic mass is 10.0. The molecule has 132 valence electrons. The number of carbonyl (C=O) groups is 2. The van der Waals surface area contributed by atoms with Crippen LogP contribution in [0.3, 0.4) is 0 Å². The number of hydrogen-bond donors (Lipinski definition) is 3. The maximum atomic E-state index is 12.5. The number of carbonyl (C=O) groups excluding carboxylic acids is 1. The molecule has 2 aromatic rings. The van der Waals surface area contributed by atoms with E-state index in [0.717, 1.165) is 5.56 Å². The molecule has 3 N–H and O–H groups in total. The number of anilines is 1. The number of hydrogen-bond acceptors (Lipinski definition) is 6. The third-order valence-corrected chi connectivity index (χ3v) is 5.95. The number of rotatable bonds is 4. The minimum Gasteiger partial charge on any atom is -0.478 e. The highest BCUT2D eigenvalue weighted by molar-refractivity contribution is 8.02. The van der Waals surface area contributed by atoms with Gasteiger partial charge in [0.05, 0.1) is 0 Å². The van der Waals surface area contributed by atoms with Gasteiger partial charge in [0.15, 0.2) is 5.50 Å². The molecule has 4 rings (SSSR count). The van der Waals surface area contributed by atoms with Gasteiger partial charge in [0.2, 0.25) is 0 Å². The van der Waals surface area contributed by atoms with Gasteiger partial charge in [0.1, 0.15) is 16.3 Å². The number of benzene rings is 1. The van der Waals surface area contributed by atoms with Crippen LogP contribution < -0.4 is 10.6 Å². The monoisotopic (exact) mass is 405 g/mol. The number of amides is 1. The maximum absolute atomic E-state index is 12.5. The summed E-state index contributed by atoms with van der Waals surface area (Å²) in [5.41, 5.74) is 1.71. The smallest absolute Gasteiger partial charge is 0.339 e. The average Bonchev–Trinajstić information content (AvgIpc) is 3.29. The highest BCUT2D eigenvalue weighted by atomic mass is 35.5. The lowest BCUT2D eigenvalue weighted by molar-refractivity contribution is -0.113. The quantitative estimate of drug-likeness (QED) is 0.714. The van der Waals surface area contributed by atoms with Gasteiger partial charge in [-0.3, -0.25) is 4.79 Å². The molecule has 1 unspecified atom stereocenters. The molecule has 26 heavy (non-hydrogen) atoms. The standard InChI is InChI=1S/C17H12ClN3O3S2/c18-10-3-1-9(2-4-10)11-8-26-15(13(11)16(23)24)20-14(22)12-7-21-5-6-25-17(21)19-12/h1-8,17,19H,(H,20,22)(H,23,24). The summed E-state index contributed by atoms with van der Waals surface area (Å²) in [5.74, 6) is -1.47. The highest BCUT2D eigenvalue weighted by Gasteiger charge is 2.30. The Labute approximate surface area is 162 Å². The summed E-state index contributed by atoms with van der Waals surface area (Å²) in [4.78, 5) is 26.2. The van der Waals surface area contributed by atoms with Gasteiger partial charge in [-0.2, -0.15) is 0 Å². The van der Waals surface area contributed by atoms with E-state index in [1.165, 1.54) is 11.3 Å². The van der Waals surface area contributed by atoms with Gasteiger partial charge in [-0.25, -0.2) is 4.79 Å². The van der Waals surface area contributed by atoms with Crippen molar-refractivity contribution in [2.24, 2.45) is 0 Å². The first kappa shape index (κ1) is 17.0. The van der Waals surface area contributed by atoms with Crippen molar-refractivity contribution in [3.63, 3.8) is 0 Å². The zero-order chi connectivity index (χ0) is 18.3. The first-order valence-corrected chi connectivity index (χ1v) is 9.73. The topological polar surface area (TPSA) is 81.7 Å². The molecule has 2 aliphatic heterocycles. The molecule has 1 aromatic carbocycles. The van der Waals surface area contributed by atoms with Gasteiger partial charge in [-0.15, -0.1) is 11.3 Å². The molecule has 1 amide bonds. The molecule has 0 bridgehead atoms. The van der Waals surface area contributed by atoms with E-state index in [9.17, 15) is 14.7 Å². The predicted molar refractivity (Wildman–Crippen MR) is 104 cm³/mol. The molecule has 6 nitrogen and oxygen atoms in total. The summed E-state index contributed by atoms with van der Waals surface area (Å²) in [6, 6.07) is 6.90. The largest absolute Gasteiger partial charge is 0.478 e. The second-order valence-corrected chi connectivity index (χ2v) is 7.83. The normalized spacial score (nSPS) is 17.7. The van der Waals surface area contributed by atoms with E-state index in [1.54, 1.807) is 47.6 Å². The lowest BCUT2D eigenvalue weighted by Gasteiger charge is -2.13. The van der Waals surface area contributed by atoms with Crippen LogP contribution in [0.5, 0.6) is 0 Å². The van der Waals surface area contributed by atoms with E-state index >= 15 is 0 Å². The van der Waals surface area contributed by atoms with E-state index in [2.05, 4.69) is 10.6 Å². The molecule has 3 heterocycles. The van der Waals surface area contributed by atoms with Crippen molar-refractivity contribution in [1.29, 1.82) is 0 Å². The van der Waals surface area contributed by atoms with Crippen molar-refractivity contribution in [3.05, 3.63) is 63.7 Å². The Kier molecular flexibility index (Phi) is 4.39. The van der Waals surface area contributed by atoms with Crippen LogP contribution in [-0.2, 0) is 4.79 Å². The van der Waals surface area contributed by atoms with Crippen LogP contribution in [0.15, 0.2) is 53.2 Å². The predicted octanol–water partition coefficient (Wildman–Crippen LogP) is 3.95. The van der Waals surface area contributed by atoms with Gasteiger partial charge < -0.3 is 20.6 Å². The Bertz CT molecular complexity index is 953. The van der Waals surface area contributed by atoms with E-state index < -0.39 is 5.97 Å². The lowest BCUT2D eigenvalue weighted by Crippen LogP contribution is -2.30. The van der Waals surface area contributed by atoms with Gasteiger partial charge in [0.25, 0.3) is 5.91 Å². The molecular weight excluding hydrogens is 394 g/mol. The van der Waals surface area contributed by atoms with Crippen LogP contribution in [-0.4, -0.2) is 27.4 Å². The van der Waals surface area contributed by atoms with Crippen LogP contribution in [0.4, 0.5) is 5.00 Å². The molecule has 1 aromatic heterocycles. The van der Waals surface area contributed by atoms with E-state index in [-0.39, 0.29) is 17.0 Å². The minimum atomic E-state index is -1.10. The van der Waals surface area contributed by atoms with Gasteiger partial charge in [-0.1, -0.05) is 35.5 Å². The molecule has 0 aliphatic carbocycles. The van der Waals surface area contributed by atoms with Crippen LogP contribution in [0.1, 0.15) is 10.4 Å². The molecule has 0 radical (unpaired) electrons. The summed E-state index contributed by atoms with van der Waals surface area (Å²) in [5, 5.41) is 19.9. The Hall–Kier alpha value is -2.42. The number of thioether (sulfide) groups is 1. The Morgan fingerprint density at radius 1 is 1.27 bits per heavy atom. The zero-order valence-electron chi connectivity index (χ0n) is 13.1. The van der Waals surface area contributed by atoms with Crippen LogP contribution in [0.25, 0.3) is 11.1 Å². The Balaban J connectivity index is 1.61. The minimum absolute atomic E-state index is 0.0253. The molecule has 1 atom stereocenters. The van der Waals surface area contributed by atoms with Gasteiger partial charge in [-0.05, 0) is 23.1 Å². The SMILES string of the molecule is O=C(Nc1scc(-c2ccc(Cl)cc2)c1C(=O)O)C1=CN2C=CSC2N1. The molecule has 2 aliphatic rings. The summed E-state index contributed by atoms with van der Waals surface area (Å²) in [6.45, 7) is 0. The molecular formula is C17H12ClN3O3S2. The number of carboxylic acid groups (broad SMARTS) is 1. The van der Waals surface area contributed by atoms with Gasteiger partial charge in [0, 0.05) is 28.4 Å². The second kappa shape index (κ2) is 6.71. The van der Waals surface area contributed by atoms with Crippen molar-refractivity contribution in [2.75, 3.05) is 5.32 Å². The first-order chi connectivity index (χ1) is 12.5. The number of aromatic carboxylic acids is 1. The van der Waals surface area contributed by atoms with E-state index in [0.29, 0.717) is 21.3 Å². The van der Waals surface area contributed by atoms with Crippen molar-refractivity contribution >= 4 is 51.6 Å². The fourth-order valence-electron chi connectivity index (χ4n) is 2.67. The summed E-state index contributed by atoms with van der Waals surface area (Å²) >= 11 is 8.62. The average molecular weight is 406 g/mol. The molecule has 9 heteroatoms. The number of nitrogens with zero attached hydrogens (tertiary/aromatic N) is 1. The molecule has 0 saturated carbocycles. The number of halogens is 1. The van der Waals surface area contributed by atoms with Gasteiger partial charge >= 0.3 is 5.97 Å². The Morgan fingerprint density at radius 3 is 2.73 bits per heavy atom. The Morgan fingerprint density at radius 2 is 2.04 bits per heavy atom. The van der Waals surface area contributed by atoms with E-state index in [4.69, 9.17) is 11.6 Å². The summed E-state index contributed by atoms with van der Waals surface area (Å²) in [6.07, 6.45) is 3.57. The molecule has 0 fully saturated rings. The van der Waals surface area contributed by atoms with Crippen molar-refractivity contribution in [2.45, 2.75) is 5.50 Å². The number of nitrogens with one attached hydrogen (secondary N) is 2. The number of carboxylic acids is 1. The maximum Gasteiger partial charge on any atom is 0.339 e. The van der Waals surface area contributed by atoms with Crippen LogP contribution in [0.2, 0.25) is 5.02 Å². The molecule has 0 saturated heterocycles. The third kappa shape index (κ3) is 3.07.